The Labute approximate surface area is 112 Å². The largest absolute Gasteiger partial charge is 0.396 e. The number of aromatic nitrogens is 4. The van der Waals surface area contributed by atoms with Gasteiger partial charge in [0.25, 0.3) is 5.56 Å². The minimum absolute atomic E-state index is 0.0454. The Morgan fingerprint density at radius 2 is 2.20 bits per heavy atom. The summed E-state index contributed by atoms with van der Waals surface area (Å²) in [5.74, 6) is -0.470. The van der Waals surface area contributed by atoms with E-state index >= 15 is 0 Å². The van der Waals surface area contributed by atoms with Crippen LogP contribution in [0.25, 0.3) is 11.2 Å². The number of nitrogen functional groups attached to an aromatic ring is 1. The summed E-state index contributed by atoms with van der Waals surface area (Å²) < 4.78 is 1.52. The monoisotopic (exact) mass is 281 g/mol. The fourth-order valence-electron chi connectivity index (χ4n) is 2.74. The van der Waals surface area contributed by atoms with E-state index in [1.807, 2.05) is 0 Å². The molecule has 0 aliphatic heterocycles. The van der Waals surface area contributed by atoms with E-state index in [0.717, 1.165) is 0 Å². The van der Waals surface area contributed by atoms with Crippen LogP contribution in [0, 0.1) is 5.92 Å². The first-order valence-electron chi connectivity index (χ1n) is 6.22. The number of hydrogen-bond donors (Lipinski definition) is 5. The number of aromatic amines is 1. The van der Waals surface area contributed by atoms with Gasteiger partial charge in [-0.2, -0.15) is 4.98 Å². The Morgan fingerprint density at radius 1 is 1.45 bits per heavy atom. The molecule has 0 aromatic carbocycles. The fraction of sp³-hybridized carbons (Fsp3) is 0.545. The highest BCUT2D eigenvalue weighted by molar-refractivity contribution is 5.70. The second kappa shape index (κ2) is 4.54. The molecule has 9 heteroatoms. The molecular weight excluding hydrogens is 266 g/mol. The van der Waals surface area contributed by atoms with E-state index in [1.165, 1.54) is 10.9 Å². The van der Waals surface area contributed by atoms with Crippen LogP contribution in [0.2, 0.25) is 0 Å². The molecule has 108 valence electrons. The van der Waals surface area contributed by atoms with Crippen LogP contribution in [-0.4, -0.2) is 53.7 Å². The van der Waals surface area contributed by atoms with E-state index < -0.39 is 29.7 Å². The molecule has 3 rings (SSSR count). The number of aliphatic hydroxyl groups excluding tert-OH is 3. The Bertz CT molecular complexity index is 696. The zero-order valence-electron chi connectivity index (χ0n) is 10.5. The Balaban J connectivity index is 2.09. The molecule has 1 saturated carbocycles. The Kier molecular flexibility index (Phi) is 2.96. The minimum Gasteiger partial charge on any atom is -0.396 e. The maximum atomic E-state index is 11.7. The lowest BCUT2D eigenvalue weighted by Crippen LogP contribution is -2.30. The van der Waals surface area contributed by atoms with Crippen molar-refractivity contribution in [1.82, 2.24) is 19.5 Å². The average molecular weight is 281 g/mol. The van der Waals surface area contributed by atoms with Crippen LogP contribution in [0.1, 0.15) is 12.5 Å². The number of nitrogens with one attached hydrogen (secondary N) is 1. The summed E-state index contributed by atoms with van der Waals surface area (Å²) in [6.07, 6.45) is -0.348. The molecule has 2 aromatic rings. The number of imidazole rings is 1. The quantitative estimate of drug-likeness (QED) is 0.426. The van der Waals surface area contributed by atoms with Crippen LogP contribution in [0.5, 0.6) is 0 Å². The molecule has 0 spiro atoms. The molecule has 0 amide bonds. The molecular formula is C11H15N5O4. The van der Waals surface area contributed by atoms with Crippen molar-refractivity contribution in [1.29, 1.82) is 0 Å². The first kappa shape index (κ1) is 13.0. The number of nitrogens with zero attached hydrogens (tertiary/aromatic N) is 3. The van der Waals surface area contributed by atoms with Crippen LogP contribution < -0.4 is 11.3 Å². The smallest absolute Gasteiger partial charge is 0.280 e. The third-order valence-corrected chi connectivity index (χ3v) is 3.81. The first-order chi connectivity index (χ1) is 9.52. The van der Waals surface area contributed by atoms with Gasteiger partial charge >= 0.3 is 0 Å². The summed E-state index contributed by atoms with van der Waals surface area (Å²) in [5, 5.41) is 29.1. The molecule has 0 radical (unpaired) electrons. The van der Waals surface area contributed by atoms with E-state index in [4.69, 9.17) is 5.73 Å². The highest BCUT2D eigenvalue weighted by Gasteiger charge is 2.42. The van der Waals surface area contributed by atoms with Gasteiger partial charge in [0.1, 0.15) is 6.10 Å². The summed E-state index contributed by atoms with van der Waals surface area (Å²) in [4.78, 5) is 22.0. The number of rotatable bonds is 2. The van der Waals surface area contributed by atoms with Gasteiger partial charge in [-0.3, -0.25) is 9.78 Å². The third-order valence-electron chi connectivity index (χ3n) is 3.81. The van der Waals surface area contributed by atoms with Crippen molar-refractivity contribution in [2.75, 3.05) is 12.3 Å². The predicted molar refractivity (Wildman–Crippen MR) is 68.8 cm³/mol. The normalized spacial score (nSPS) is 30.1. The zero-order valence-corrected chi connectivity index (χ0v) is 10.5. The maximum Gasteiger partial charge on any atom is 0.280 e. The number of H-pyrrole nitrogens is 1. The van der Waals surface area contributed by atoms with Gasteiger partial charge in [0.05, 0.1) is 18.5 Å². The molecule has 2 heterocycles. The van der Waals surface area contributed by atoms with Crippen molar-refractivity contribution in [2.24, 2.45) is 5.92 Å². The van der Waals surface area contributed by atoms with E-state index in [-0.39, 0.29) is 23.7 Å². The van der Waals surface area contributed by atoms with Gasteiger partial charge in [-0.15, -0.1) is 0 Å². The molecule has 2 aromatic heterocycles. The van der Waals surface area contributed by atoms with Crippen LogP contribution in [0.15, 0.2) is 11.1 Å². The van der Waals surface area contributed by atoms with Crippen molar-refractivity contribution in [3.8, 4) is 0 Å². The van der Waals surface area contributed by atoms with Gasteiger partial charge in [-0.05, 0) is 6.42 Å². The highest BCUT2D eigenvalue weighted by Crippen LogP contribution is 2.36. The van der Waals surface area contributed by atoms with Crippen LogP contribution in [0.3, 0.4) is 0 Å². The van der Waals surface area contributed by atoms with Gasteiger partial charge in [-0.1, -0.05) is 0 Å². The lowest BCUT2D eigenvalue weighted by molar-refractivity contribution is -0.00370. The van der Waals surface area contributed by atoms with Crippen molar-refractivity contribution >= 4 is 17.1 Å². The predicted octanol–water partition coefficient (Wildman–Crippen LogP) is -2.02. The molecule has 0 saturated heterocycles. The molecule has 1 fully saturated rings. The second-order valence-corrected chi connectivity index (χ2v) is 5.00. The summed E-state index contributed by atoms with van der Waals surface area (Å²) in [6, 6.07) is -0.513. The molecule has 4 atom stereocenters. The molecule has 1 aliphatic carbocycles. The highest BCUT2D eigenvalue weighted by atomic mass is 16.3. The second-order valence-electron chi connectivity index (χ2n) is 5.00. The topological polar surface area (TPSA) is 150 Å². The number of anilines is 1. The molecule has 6 N–H and O–H groups in total. The molecule has 9 nitrogen and oxygen atoms in total. The van der Waals surface area contributed by atoms with Crippen LogP contribution in [-0.2, 0) is 0 Å². The number of aliphatic hydroxyl groups is 3. The van der Waals surface area contributed by atoms with Crippen molar-refractivity contribution in [3.05, 3.63) is 16.7 Å². The molecule has 20 heavy (non-hydrogen) atoms. The van der Waals surface area contributed by atoms with Gasteiger partial charge in [0.15, 0.2) is 11.2 Å². The Hall–Kier alpha value is -1.97. The first-order valence-corrected chi connectivity index (χ1v) is 6.22. The molecule has 1 aliphatic rings. The number of nitrogens with two attached hydrogens (primary N) is 1. The van der Waals surface area contributed by atoms with E-state index in [0.29, 0.717) is 6.42 Å². The zero-order chi connectivity index (χ0) is 14.4. The summed E-state index contributed by atoms with van der Waals surface area (Å²) >= 11 is 0. The lowest BCUT2D eigenvalue weighted by Gasteiger charge is -2.18. The SMILES string of the molecule is Nc1nc2c(ncn2[C@@H]2C[C@H](CO)C(O)[C@@H]2O)c(=O)[nH]1. The average Bonchev–Trinajstić information content (AvgIpc) is 2.93. The van der Waals surface area contributed by atoms with E-state index in [9.17, 15) is 20.1 Å². The van der Waals surface area contributed by atoms with Crippen LogP contribution >= 0.6 is 0 Å². The van der Waals surface area contributed by atoms with E-state index in [2.05, 4.69) is 15.0 Å². The summed E-state index contributed by atoms with van der Waals surface area (Å²) in [6.45, 7) is -0.225. The Morgan fingerprint density at radius 3 is 2.85 bits per heavy atom. The van der Waals surface area contributed by atoms with Crippen molar-refractivity contribution < 1.29 is 15.3 Å². The maximum absolute atomic E-state index is 11.7. The van der Waals surface area contributed by atoms with Crippen molar-refractivity contribution in [3.63, 3.8) is 0 Å². The molecule has 1 unspecified atom stereocenters. The van der Waals surface area contributed by atoms with Gasteiger partial charge < -0.3 is 25.6 Å². The van der Waals surface area contributed by atoms with Gasteiger partial charge in [-0.25, -0.2) is 4.98 Å². The lowest BCUT2D eigenvalue weighted by atomic mass is 10.1. The van der Waals surface area contributed by atoms with E-state index in [1.54, 1.807) is 0 Å². The van der Waals surface area contributed by atoms with Gasteiger partial charge in [0, 0.05) is 12.5 Å². The van der Waals surface area contributed by atoms with Crippen LogP contribution in [0.4, 0.5) is 5.95 Å². The summed E-state index contributed by atoms with van der Waals surface area (Å²) in [5.41, 5.74) is 5.42. The number of fused-ring (bicyclic) bond motifs is 1. The number of hydrogen-bond acceptors (Lipinski definition) is 7. The summed E-state index contributed by atoms with van der Waals surface area (Å²) in [7, 11) is 0. The van der Waals surface area contributed by atoms with Crippen molar-refractivity contribution in [2.45, 2.75) is 24.7 Å². The standard InChI is InChI=1S/C11H15N5O4/c12-11-14-9-6(10(20)15-11)13-3-16(9)5-1-4(2-17)7(18)8(5)19/h3-5,7-8,17-19H,1-2H2,(H3,12,14,15,20)/t4-,5-,7?,8-/m1/s1. The third kappa shape index (κ3) is 1.79. The fourth-order valence-corrected chi connectivity index (χ4v) is 2.74. The molecule has 0 bridgehead atoms. The van der Waals surface area contributed by atoms with Gasteiger partial charge in [0.2, 0.25) is 5.95 Å². The minimum atomic E-state index is -1.06.